The Morgan fingerprint density at radius 1 is 0.400 bits per heavy atom. The third-order valence-corrected chi connectivity index (χ3v) is 0. The van der Waals surface area contributed by atoms with E-state index in [0.29, 0.717) is 0 Å². The van der Waals surface area contributed by atoms with E-state index >= 15 is 0 Å². The Morgan fingerprint density at radius 2 is 0.400 bits per heavy atom. The SMILES string of the molecule is CC(C)(C)[S-].CC(C)(C)[S-].[Fe+2].[Fe+3].[Fe].[Fe].[Fe].[Fe].[SH-].[SH-].[SH-].[SH-].[SH-].[SH-].[SH-].[SH-].[SH-]. The first-order chi connectivity index (χ1) is 4.00. The van der Waals surface area contributed by atoms with Crippen LogP contribution in [-0.2, 0) is 249 Å². The molecule has 0 spiro atoms. The van der Waals surface area contributed by atoms with Crippen LogP contribution in [0.3, 0.4) is 0 Å². The van der Waals surface area contributed by atoms with Crippen LogP contribution >= 0.6 is 0 Å². The molecule has 0 aromatic heterocycles. The van der Waals surface area contributed by atoms with Gasteiger partial charge in [0.25, 0.3) is 0 Å². The Kier molecular flexibility index (Phi) is 423. The van der Waals surface area contributed by atoms with E-state index in [-0.39, 0.29) is 233 Å². The van der Waals surface area contributed by atoms with Crippen LogP contribution in [0.4, 0.5) is 0 Å². The average molecular weight is 811 g/mol. The van der Waals surface area contributed by atoms with Crippen molar-refractivity contribution in [2.45, 2.75) is 51.0 Å². The normalized spacial score (nSPS) is 4.80. The third kappa shape index (κ3) is 535. The van der Waals surface area contributed by atoms with Crippen LogP contribution in [0.1, 0.15) is 41.5 Å². The Labute approximate surface area is 295 Å². The van der Waals surface area contributed by atoms with Gasteiger partial charge in [0.1, 0.15) is 0 Å². The maximum absolute atomic E-state index is 4.83. The number of rotatable bonds is 0. The third-order valence-electron chi connectivity index (χ3n) is 0. The Bertz CT molecular complexity index is 81.6. The molecule has 0 unspecified atom stereocenters. The second kappa shape index (κ2) is 77.3. The van der Waals surface area contributed by atoms with E-state index in [0.717, 1.165) is 0 Å². The van der Waals surface area contributed by atoms with Gasteiger partial charge in [0, 0.05) is 68.3 Å². The summed E-state index contributed by atoms with van der Waals surface area (Å²) < 4.78 is 0.167. The van der Waals surface area contributed by atoms with Crippen LogP contribution in [0.15, 0.2) is 0 Å². The first kappa shape index (κ1) is 137. The van der Waals surface area contributed by atoms with Gasteiger partial charge in [-0.25, -0.2) is 0 Å². The molecule has 0 bridgehead atoms. The van der Waals surface area contributed by atoms with E-state index in [1.807, 2.05) is 41.5 Å². The minimum atomic E-state index is 0. The van der Waals surface area contributed by atoms with Gasteiger partial charge in [-0.15, -0.1) is 0 Å². The molecule has 0 N–H and O–H groups in total. The molecule has 0 heterocycles. The molecule has 0 aliphatic rings. The molecule has 0 saturated heterocycles. The van der Waals surface area contributed by atoms with E-state index in [2.05, 4.69) is 0 Å². The molecule has 0 aromatic carbocycles. The van der Waals surface area contributed by atoms with Crippen molar-refractivity contribution in [1.82, 2.24) is 0 Å². The van der Waals surface area contributed by atoms with E-state index in [4.69, 9.17) is 25.3 Å². The van der Waals surface area contributed by atoms with Crippen molar-refractivity contribution < 1.29 is 102 Å². The quantitative estimate of drug-likeness (QED) is 0.188. The second-order valence-electron chi connectivity index (χ2n) is 4.22. The molecule has 0 nitrogen and oxygen atoms in total. The summed E-state index contributed by atoms with van der Waals surface area (Å²) in [5.74, 6) is 0. The molecule has 0 aromatic rings. The molecule has 1 radical (unpaired) electrons. The van der Waals surface area contributed by atoms with Crippen molar-refractivity contribution in [3.05, 3.63) is 0 Å². The van der Waals surface area contributed by atoms with Gasteiger partial charge in [0.05, 0.1) is 0 Å². The average Bonchev–Trinajstić information content (AvgIpc) is 1.12. The zero-order valence-corrected chi connectivity index (χ0v) is 30.3. The Balaban J connectivity index is -0.00000000213. The maximum atomic E-state index is 4.83. The fraction of sp³-hybridized carbons (Fsp3) is 1.00. The smallest absolute Gasteiger partial charge is 0.813 e. The monoisotopic (exact) mass is 811 g/mol. The molecular weight excluding hydrogens is 784 g/mol. The van der Waals surface area contributed by atoms with Crippen LogP contribution in [0.2, 0.25) is 0 Å². The van der Waals surface area contributed by atoms with Gasteiger partial charge < -0.3 is 147 Å². The van der Waals surface area contributed by atoms with Gasteiger partial charge in [-0.2, -0.15) is 9.49 Å². The molecule has 0 amide bonds. The topological polar surface area (TPSA) is 0 Å². The van der Waals surface area contributed by atoms with E-state index in [1.165, 1.54) is 0 Å². The summed E-state index contributed by atoms with van der Waals surface area (Å²) in [7, 11) is 0. The fourth-order valence-electron chi connectivity index (χ4n) is 0. The summed E-state index contributed by atoms with van der Waals surface area (Å²) in [6.07, 6.45) is 0. The molecule has 0 fully saturated rings. The Hall–Kier alpha value is 6.97. The van der Waals surface area contributed by atoms with Gasteiger partial charge in [0.15, 0.2) is 0 Å². The van der Waals surface area contributed by atoms with Gasteiger partial charge in [-0.05, 0) is 0 Å². The minimum Gasteiger partial charge on any atom is -0.813 e. The molecular formula is C8H27Fe6S11-6. The van der Waals surface area contributed by atoms with Crippen molar-refractivity contribution >= 4 is 147 Å². The van der Waals surface area contributed by atoms with Crippen molar-refractivity contribution in [2.24, 2.45) is 0 Å². The number of hydrogen-bond acceptors (Lipinski definition) is 11. The summed E-state index contributed by atoms with van der Waals surface area (Å²) in [6.45, 7) is 12.0. The molecule has 25 heavy (non-hydrogen) atoms. The summed E-state index contributed by atoms with van der Waals surface area (Å²) in [4.78, 5) is 0. The van der Waals surface area contributed by atoms with Crippen molar-refractivity contribution in [2.75, 3.05) is 0 Å². The van der Waals surface area contributed by atoms with Crippen LogP contribution in [0.5, 0.6) is 0 Å². The van der Waals surface area contributed by atoms with Crippen molar-refractivity contribution in [1.29, 1.82) is 0 Å². The van der Waals surface area contributed by atoms with Gasteiger partial charge in [-0.1, -0.05) is 41.5 Å². The van der Waals surface area contributed by atoms with Gasteiger partial charge >= 0.3 is 34.1 Å². The second-order valence-corrected chi connectivity index (χ2v) is 6.67. The predicted octanol–water partition coefficient (Wildman–Crippen LogP) is 0.218. The van der Waals surface area contributed by atoms with Crippen LogP contribution in [-0.4, -0.2) is 9.49 Å². The van der Waals surface area contributed by atoms with E-state index < -0.39 is 0 Å². The van der Waals surface area contributed by atoms with Crippen LogP contribution < -0.4 is 0 Å². The first-order valence-corrected chi connectivity index (χ1v) is 4.22. The minimum absolute atomic E-state index is 0. The molecule has 0 saturated carbocycles. The number of hydrogen-bond donors (Lipinski definition) is 0. The maximum Gasteiger partial charge on any atom is 3.00 e. The summed E-state index contributed by atoms with van der Waals surface area (Å²) in [5.41, 5.74) is 0. The molecule has 17 heteroatoms. The Morgan fingerprint density at radius 3 is 0.400 bits per heavy atom. The zero-order valence-electron chi connectivity index (χ0n) is 14.0. The van der Waals surface area contributed by atoms with Crippen molar-refractivity contribution in [3.8, 4) is 0 Å². The molecule has 0 aliphatic heterocycles. The van der Waals surface area contributed by atoms with Gasteiger partial charge in [-0.3, -0.25) is 0 Å². The zero-order chi connectivity index (χ0) is 9.00. The largest absolute Gasteiger partial charge is 3.00 e. The molecule has 0 atom stereocenters. The summed E-state index contributed by atoms with van der Waals surface area (Å²) in [6, 6.07) is 0. The van der Waals surface area contributed by atoms with Crippen LogP contribution in [0, 0.1) is 0 Å². The van der Waals surface area contributed by atoms with Crippen LogP contribution in [0.25, 0.3) is 0 Å². The predicted molar refractivity (Wildman–Crippen MR) is 133 cm³/mol. The van der Waals surface area contributed by atoms with Crippen molar-refractivity contribution in [3.63, 3.8) is 0 Å². The standard InChI is InChI=1S/2C4H10S.6Fe.9H2S/c2*1-4(2,3)5;;;;;;;;;;;;;;;/h2*5H,1-3H3;;;;;;;9*1H2/q;;;;;;+2;+3;;;;;;;;;/p-11. The first-order valence-electron chi connectivity index (χ1n) is 3.41. The van der Waals surface area contributed by atoms with Gasteiger partial charge in [0.2, 0.25) is 0 Å². The van der Waals surface area contributed by atoms with E-state index in [9.17, 15) is 0 Å². The summed E-state index contributed by atoms with van der Waals surface area (Å²) in [5, 5.41) is 0. The summed E-state index contributed by atoms with van der Waals surface area (Å²) >= 11 is 9.65. The van der Waals surface area contributed by atoms with E-state index in [1.54, 1.807) is 0 Å². The molecule has 0 rings (SSSR count). The molecule has 179 valence electrons. The molecule has 0 aliphatic carbocycles. The number of thiol groups is 9. The fourth-order valence-corrected chi connectivity index (χ4v) is 0.